The van der Waals surface area contributed by atoms with E-state index in [2.05, 4.69) is 0 Å². The van der Waals surface area contributed by atoms with E-state index in [-0.39, 0.29) is 12.5 Å². The molecular formula is C29H31F3N2O3. The van der Waals surface area contributed by atoms with Crippen LogP contribution in [-0.4, -0.2) is 54.3 Å². The number of ether oxygens (including phenoxy) is 1. The first-order chi connectivity index (χ1) is 17.6. The fraction of sp³-hybridized carbons (Fsp3) is 0.345. The van der Waals surface area contributed by atoms with E-state index in [1.165, 1.54) is 24.3 Å². The molecule has 3 atom stereocenters. The lowest BCUT2D eigenvalue weighted by Crippen LogP contribution is -2.50. The molecule has 4 rings (SSSR count). The van der Waals surface area contributed by atoms with Crippen molar-refractivity contribution in [1.82, 2.24) is 9.80 Å². The van der Waals surface area contributed by atoms with Crippen LogP contribution < -0.4 is 0 Å². The minimum absolute atomic E-state index is 0.183. The maximum absolute atomic E-state index is 14.2. The van der Waals surface area contributed by atoms with Gasteiger partial charge in [0.1, 0.15) is 23.1 Å². The Labute approximate surface area is 215 Å². The number of carbonyl (C=O) groups excluding carboxylic acids is 1. The molecule has 1 aliphatic heterocycles. The Morgan fingerprint density at radius 2 is 1.65 bits per heavy atom. The zero-order valence-electron chi connectivity index (χ0n) is 21.1. The van der Waals surface area contributed by atoms with Crippen LogP contribution in [0.1, 0.15) is 36.9 Å². The third kappa shape index (κ3) is 5.97. The molecular weight excluding hydrogens is 481 g/mol. The summed E-state index contributed by atoms with van der Waals surface area (Å²) in [5.74, 6) is -1.68. The Hall–Kier alpha value is -3.36. The van der Waals surface area contributed by atoms with Crippen LogP contribution in [0.5, 0.6) is 0 Å². The molecule has 1 unspecified atom stereocenters. The quantitative estimate of drug-likeness (QED) is 0.410. The number of cyclic esters (lactones) is 1. The van der Waals surface area contributed by atoms with E-state index in [1.807, 2.05) is 25.9 Å². The van der Waals surface area contributed by atoms with Gasteiger partial charge in [-0.3, -0.25) is 0 Å². The number of aliphatic hydroxyl groups excluding tert-OH is 1. The van der Waals surface area contributed by atoms with Gasteiger partial charge in [-0.2, -0.15) is 0 Å². The number of nitrogens with zero attached hydrogens (tertiary/aromatic N) is 2. The molecule has 1 amide bonds. The Morgan fingerprint density at radius 3 is 2.24 bits per heavy atom. The van der Waals surface area contributed by atoms with E-state index in [0.29, 0.717) is 36.2 Å². The van der Waals surface area contributed by atoms with E-state index >= 15 is 0 Å². The van der Waals surface area contributed by atoms with Crippen LogP contribution in [-0.2, 0) is 10.3 Å². The molecule has 1 aliphatic rings. The summed E-state index contributed by atoms with van der Waals surface area (Å²) in [6.07, 6.45) is -0.689. The highest BCUT2D eigenvalue weighted by atomic mass is 19.1. The van der Waals surface area contributed by atoms with Gasteiger partial charge in [0.15, 0.2) is 0 Å². The Balaban J connectivity index is 1.53. The summed E-state index contributed by atoms with van der Waals surface area (Å²) in [6.45, 7) is 2.63. The van der Waals surface area contributed by atoms with Gasteiger partial charge in [0.05, 0.1) is 12.1 Å². The number of halogens is 3. The van der Waals surface area contributed by atoms with Gasteiger partial charge in [0.2, 0.25) is 0 Å². The monoisotopic (exact) mass is 512 g/mol. The van der Waals surface area contributed by atoms with Crippen molar-refractivity contribution in [2.24, 2.45) is 0 Å². The van der Waals surface area contributed by atoms with E-state index in [9.17, 15) is 23.1 Å². The highest BCUT2D eigenvalue weighted by Gasteiger charge is 2.44. The Kier molecular flexibility index (Phi) is 7.90. The topological polar surface area (TPSA) is 53.0 Å². The summed E-state index contributed by atoms with van der Waals surface area (Å²) in [6, 6.07) is 16.0. The van der Waals surface area contributed by atoms with Crippen molar-refractivity contribution in [3.8, 4) is 11.1 Å². The molecule has 0 bridgehead atoms. The van der Waals surface area contributed by atoms with Crippen LogP contribution in [0, 0.1) is 17.5 Å². The van der Waals surface area contributed by atoms with Gasteiger partial charge in [-0.25, -0.2) is 18.0 Å². The molecule has 0 radical (unpaired) electrons. The average Bonchev–Trinajstić information content (AvgIpc) is 2.84. The van der Waals surface area contributed by atoms with Crippen molar-refractivity contribution in [2.45, 2.75) is 37.5 Å². The van der Waals surface area contributed by atoms with Crippen molar-refractivity contribution in [2.75, 3.05) is 27.2 Å². The van der Waals surface area contributed by atoms with Crippen molar-refractivity contribution in [3.63, 3.8) is 0 Å². The first-order valence-corrected chi connectivity index (χ1v) is 12.2. The van der Waals surface area contributed by atoms with Gasteiger partial charge in [0, 0.05) is 37.6 Å². The van der Waals surface area contributed by atoms with Gasteiger partial charge < -0.3 is 19.6 Å². The molecule has 3 aromatic rings. The van der Waals surface area contributed by atoms with Crippen molar-refractivity contribution < 1.29 is 27.8 Å². The van der Waals surface area contributed by atoms with E-state index in [4.69, 9.17) is 4.74 Å². The molecule has 37 heavy (non-hydrogen) atoms. The molecule has 1 N–H and O–H groups in total. The summed E-state index contributed by atoms with van der Waals surface area (Å²) in [5, 5.41) is 10.7. The van der Waals surface area contributed by atoms with Crippen LogP contribution in [0.3, 0.4) is 0 Å². The number of benzene rings is 3. The lowest BCUT2D eigenvalue weighted by atomic mass is 9.83. The second kappa shape index (κ2) is 10.9. The predicted octanol–water partition coefficient (Wildman–Crippen LogP) is 5.88. The van der Waals surface area contributed by atoms with E-state index < -0.39 is 35.2 Å². The van der Waals surface area contributed by atoms with Crippen LogP contribution in [0.25, 0.3) is 11.1 Å². The SMILES string of the molecule is C[C@@H](c1ccc(-c2ccc(F)cc2F)cc1)N1CC[C@](CC(O)CN(C)C)(c2ccc(F)cc2)OC1=O. The molecule has 3 aromatic carbocycles. The minimum Gasteiger partial charge on any atom is -0.438 e. The molecule has 5 nitrogen and oxygen atoms in total. The first-order valence-electron chi connectivity index (χ1n) is 12.2. The third-order valence-electron chi connectivity index (χ3n) is 6.89. The van der Waals surface area contributed by atoms with Crippen molar-refractivity contribution >= 4 is 6.09 Å². The maximum atomic E-state index is 14.2. The van der Waals surface area contributed by atoms with E-state index in [1.54, 1.807) is 41.3 Å². The zero-order chi connectivity index (χ0) is 26.7. The summed E-state index contributed by atoms with van der Waals surface area (Å²) in [7, 11) is 3.69. The minimum atomic E-state index is -1.08. The van der Waals surface area contributed by atoms with Crippen LogP contribution in [0.15, 0.2) is 66.7 Å². The molecule has 8 heteroatoms. The van der Waals surface area contributed by atoms with Gasteiger partial charge in [-0.15, -0.1) is 0 Å². The molecule has 1 fully saturated rings. The summed E-state index contributed by atoms with van der Waals surface area (Å²) >= 11 is 0. The van der Waals surface area contributed by atoms with Crippen molar-refractivity contribution in [1.29, 1.82) is 0 Å². The number of hydrogen-bond acceptors (Lipinski definition) is 4. The number of hydrogen-bond donors (Lipinski definition) is 1. The van der Waals surface area contributed by atoms with Gasteiger partial charge >= 0.3 is 6.09 Å². The zero-order valence-corrected chi connectivity index (χ0v) is 21.1. The number of aliphatic hydroxyl groups is 1. The average molecular weight is 513 g/mol. The lowest BCUT2D eigenvalue weighted by molar-refractivity contribution is -0.0856. The Morgan fingerprint density at radius 1 is 1.00 bits per heavy atom. The fourth-order valence-corrected chi connectivity index (χ4v) is 4.95. The molecule has 0 aliphatic carbocycles. The van der Waals surface area contributed by atoms with Crippen LogP contribution in [0.2, 0.25) is 0 Å². The van der Waals surface area contributed by atoms with Gasteiger partial charge in [-0.05, 0) is 62.0 Å². The number of rotatable bonds is 8. The van der Waals surface area contributed by atoms with Crippen LogP contribution in [0.4, 0.5) is 18.0 Å². The lowest BCUT2D eigenvalue weighted by Gasteiger charge is -2.44. The first kappa shape index (κ1) is 26.7. The van der Waals surface area contributed by atoms with E-state index in [0.717, 1.165) is 11.6 Å². The summed E-state index contributed by atoms with van der Waals surface area (Å²) < 4.78 is 47.1. The normalized spacial score (nSPS) is 19.6. The smallest absolute Gasteiger partial charge is 0.411 e. The maximum Gasteiger partial charge on any atom is 0.411 e. The number of amides is 1. The standard InChI is InChI=1S/C29H31F3N2O3/c1-19(20-4-6-21(7-5-20)26-13-12-24(31)16-27(26)32)34-15-14-29(37-28(34)36,17-25(35)18-33(2)3)22-8-10-23(30)11-9-22/h4-13,16,19,25,35H,14-15,17-18H2,1-3H3/t19-,25?,29-/m0/s1. The summed E-state index contributed by atoms with van der Waals surface area (Å²) in [5.41, 5.74) is 1.27. The largest absolute Gasteiger partial charge is 0.438 e. The highest BCUT2D eigenvalue weighted by molar-refractivity contribution is 5.70. The third-order valence-corrected chi connectivity index (χ3v) is 6.89. The second-order valence-electron chi connectivity index (χ2n) is 9.85. The summed E-state index contributed by atoms with van der Waals surface area (Å²) in [4.78, 5) is 16.7. The predicted molar refractivity (Wildman–Crippen MR) is 135 cm³/mol. The number of carbonyl (C=O) groups is 1. The second-order valence-corrected chi connectivity index (χ2v) is 9.85. The Bertz CT molecular complexity index is 1230. The molecule has 0 saturated carbocycles. The highest BCUT2D eigenvalue weighted by Crippen LogP contribution is 2.41. The van der Waals surface area contributed by atoms with Crippen molar-refractivity contribution in [3.05, 3.63) is 95.3 Å². The number of likely N-dealkylation sites (N-methyl/N-ethyl adjacent to an activating group) is 1. The molecule has 1 saturated heterocycles. The molecule has 0 aromatic heterocycles. The molecule has 0 spiro atoms. The molecule has 1 heterocycles. The van der Waals surface area contributed by atoms with Crippen LogP contribution >= 0.6 is 0 Å². The molecule has 196 valence electrons. The van der Waals surface area contributed by atoms with Gasteiger partial charge in [-0.1, -0.05) is 36.4 Å². The fourth-order valence-electron chi connectivity index (χ4n) is 4.95. The van der Waals surface area contributed by atoms with Gasteiger partial charge in [0.25, 0.3) is 0 Å².